The number of nitrogens with zero attached hydrogens (tertiary/aromatic N) is 2. The predicted molar refractivity (Wildman–Crippen MR) is 86.7 cm³/mol. The first-order chi connectivity index (χ1) is 10.5. The number of para-hydroxylation sites is 1. The summed E-state index contributed by atoms with van der Waals surface area (Å²) in [4.78, 5) is 25.1. The number of likely N-dealkylation sites (N-methyl/N-ethyl adjacent to an activating group) is 1. The molecule has 0 spiro atoms. The molecule has 4 nitrogen and oxygen atoms in total. The number of fused-ring (bicyclic) bond motifs is 1. The van der Waals surface area contributed by atoms with Crippen molar-refractivity contribution in [3.05, 3.63) is 59.4 Å². The SMILES string of the molecule is CC(=O)C1=CN(C)C(c2c(C=O)n(C)c3ccccc23)C=C1. The fourth-order valence-electron chi connectivity index (χ4n) is 3.08. The lowest BCUT2D eigenvalue weighted by atomic mass is 9.97. The average Bonchev–Trinajstić information content (AvgIpc) is 2.80. The van der Waals surface area contributed by atoms with E-state index >= 15 is 0 Å². The Kier molecular flexibility index (Phi) is 3.45. The molecule has 1 aliphatic heterocycles. The van der Waals surface area contributed by atoms with Crippen molar-refractivity contribution in [2.24, 2.45) is 7.05 Å². The van der Waals surface area contributed by atoms with Crippen LogP contribution in [0.3, 0.4) is 0 Å². The van der Waals surface area contributed by atoms with Gasteiger partial charge in [-0.15, -0.1) is 0 Å². The highest BCUT2D eigenvalue weighted by Crippen LogP contribution is 2.35. The summed E-state index contributed by atoms with van der Waals surface area (Å²) in [6.45, 7) is 1.55. The largest absolute Gasteiger partial charge is 0.369 e. The Bertz CT molecular complexity index is 827. The molecule has 2 heterocycles. The highest BCUT2D eigenvalue weighted by molar-refractivity contribution is 5.97. The fraction of sp³-hybridized carbons (Fsp3) is 0.222. The molecule has 0 saturated carbocycles. The minimum Gasteiger partial charge on any atom is -0.369 e. The summed E-state index contributed by atoms with van der Waals surface area (Å²) >= 11 is 0. The van der Waals surface area contributed by atoms with E-state index in [4.69, 9.17) is 0 Å². The summed E-state index contributed by atoms with van der Waals surface area (Å²) in [5.74, 6) is 0.0371. The number of benzene rings is 1. The number of hydrogen-bond donors (Lipinski definition) is 0. The molecule has 1 atom stereocenters. The maximum atomic E-state index is 11.6. The molecule has 0 amide bonds. The minimum atomic E-state index is -0.0607. The molecule has 2 aromatic rings. The zero-order valence-electron chi connectivity index (χ0n) is 12.9. The number of Topliss-reactive ketones (excluding diaryl/α,β-unsaturated/α-hetero) is 1. The van der Waals surface area contributed by atoms with Gasteiger partial charge in [-0.2, -0.15) is 0 Å². The van der Waals surface area contributed by atoms with Crippen molar-refractivity contribution in [2.45, 2.75) is 13.0 Å². The zero-order chi connectivity index (χ0) is 15.9. The van der Waals surface area contributed by atoms with E-state index in [2.05, 4.69) is 0 Å². The lowest BCUT2D eigenvalue weighted by molar-refractivity contribution is -0.113. The number of rotatable bonds is 3. The van der Waals surface area contributed by atoms with E-state index in [0.717, 1.165) is 22.8 Å². The van der Waals surface area contributed by atoms with Gasteiger partial charge in [0.2, 0.25) is 0 Å². The zero-order valence-corrected chi connectivity index (χ0v) is 12.9. The van der Waals surface area contributed by atoms with E-state index in [1.165, 1.54) is 0 Å². The van der Waals surface area contributed by atoms with Gasteiger partial charge in [0.25, 0.3) is 0 Å². The monoisotopic (exact) mass is 294 g/mol. The summed E-state index contributed by atoms with van der Waals surface area (Å²) < 4.78 is 1.92. The molecule has 1 aromatic heterocycles. The number of aldehydes is 1. The van der Waals surface area contributed by atoms with Gasteiger partial charge in [0.05, 0.1) is 11.7 Å². The van der Waals surface area contributed by atoms with Gasteiger partial charge in [0, 0.05) is 42.3 Å². The first kappa shape index (κ1) is 14.3. The van der Waals surface area contributed by atoms with Crippen LogP contribution in [0.25, 0.3) is 10.9 Å². The second kappa shape index (κ2) is 5.30. The first-order valence-corrected chi connectivity index (χ1v) is 7.20. The van der Waals surface area contributed by atoms with Gasteiger partial charge in [-0.3, -0.25) is 9.59 Å². The smallest absolute Gasteiger partial charge is 0.166 e. The van der Waals surface area contributed by atoms with Gasteiger partial charge < -0.3 is 9.47 Å². The van der Waals surface area contributed by atoms with Gasteiger partial charge in [-0.05, 0) is 13.0 Å². The molecule has 1 unspecified atom stereocenters. The van der Waals surface area contributed by atoms with Gasteiger partial charge in [0.1, 0.15) is 0 Å². The van der Waals surface area contributed by atoms with E-state index in [-0.39, 0.29) is 11.8 Å². The third kappa shape index (κ3) is 2.08. The first-order valence-electron chi connectivity index (χ1n) is 7.20. The predicted octanol–water partition coefficient (Wildman–Crippen LogP) is 3.01. The van der Waals surface area contributed by atoms with E-state index in [9.17, 15) is 9.59 Å². The Balaban J connectivity index is 2.18. The quantitative estimate of drug-likeness (QED) is 0.817. The third-order valence-electron chi connectivity index (χ3n) is 4.25. The average molecular weight is 294 g/mol. The van der Waals surface area contributed by atoms with E-state index in [0.29, 0.717) is 11.3 Å². The second-order valence-electron chi connectivity index (χ2n) is 5.60. The standard InChI is InChI=1S/C18H18N2O2/c1-12(22)13-8-9-16(19(2)10-13)18-14-6-4-5-7-15(14)20(3)17(18)11-21/h4-11,16H,1-3H3. The number of hydrogen-bond acceptors (Lipinski definition) is 3. The molecule has 4 heteroatoms. The van der Waals surface area contributed by atoms with Gasteiger partial charge in [-0.25, -0.2) is 0 Å². The fourth-order valence-corrected chi connectivity index (χ4v) is 3.08. The van der Waals surface area contributed by atoms with Crippen LogP contribution in [0.2, 0.25) is 0 Å². The summed E-state index contributed by atoms with van der Waals surface area (Å²) in [6, 6.07) is 7.92. The molecule has 1 aromatic carbocycles. The molecule has 0 radical (unpaired) electrons. The molecular formula is C18H18N2O2. The van der Waals surface area contributed by atoms with Gasteiger partial charge in [0.15, 0.2) is 12.1 Å². The highest BCUT2D eigenvalue weighted by atomic mass is 16.1. The van der Waals surface area contributed by atoms with E-state index < -0.39 is 0 Å². The van der Waals surface area contributed by atoms with Crippen LogP contribution in [0.1, 0.15) is 29.0 Å². The van der Waals surface area contributed by atoms with Crippen LogP contribution in [0, 0.1) is 0 Å². The van der Waals surface area contributed by atoms with Crippen LogP contribution in [0.4, 0.5) is 0 Å². The van der Waals surface area contributed by atoms with Gasteiger partial charge >= 0.3 is 0 Å². The third-order valence-corrected chi connectivity index (χ3v) is 4.25. The molecule has 22 heavy (non-hydrogen) atoms. The van der Waals surface area contributed by atoms with Crippen molar-refractivity contribution >= 4 is 23.0 Å². The van der Waals surface area contributed by atoms with E-state index in [1.807, 2.05) is 66.2 Å². The Morgan fingerprint density at radius 2 is 1.95 bits per heavy atom. The van der Waals surface area contributed by atoms with Crippen molar-refractivity contribution in [3.63, 3.8) is 0 Å². The Morgan fingerprint density at radius 1 is 1.23 bits per heavy atom. The second-order valence-corrected chi connectivity index (χ2v) is 5.60. The molecule has 0 fully saturated rings. The maximum absolute atomic E-state index is 11.6. The van der Waals surface area contributed by atoms with Crippen molar-refractivity contribution in [1.29, 1.82) is 0 Å². The summed E-state index contributed by atoms with van der Waals surface area (Å²) in [7, 11) is 3.83. The number of aryl methyl sites for hydroxylation is 1. The van der Waals surface area contributed by atoms with Gasteiger partial charge in [-0.1, -0.05) is 30.4 Å². The highest BCUT2D eigenvalue weighted by Gasteiger charge is 2.25. The van der Waals surface area contributed by atoms with Crippen molar-refractivity contribution in [2.75, 3.05) is 7.05 Å². The molecule has 3 rings (SSSR count). The van der Waals surface area contributed by atoms with Crippen LogP contribution < -0.4 is 0 Å². The number of aromatic nitrogens is 1. The Labute approximate surface area is 129 Å². The number of carbonyl (C=O) groups is 2. The lowest BCUT2D eigenvalue weighted by Crippen LogP contribution is -2.22. The molecular weight excluding hydrogens is 276 g/mol. The Morgan fingerprint density at radius 3 is 2.59 bits per heavy atom. The van der Waals surface area contributed by atoms with Crippen LogP contribution in [-0.4, -0.2) is 28.6 Å². The molecule has 1 aliphatic rings. The minimum absolute atomic E-state index is 0.0371. The topological polar surface area (TPSA) is 42.3 Å². The van der Waals surface area contributed by atoms with Crippen molar-refractivity contribution in [3.8, 4) is 0 Å². The Hall–Kier alpha value is -2.62. The summed E-state index contributed by atoms with van der Waals surface area (Å²) in [6.07, 6.45) is 6.55. The van der Waals surface area contributed by atoms with Crippen LogP contribution in [0.5, 0.6) is 0 Å². The molecule has 0 saturated heterocycles. The van der Waals surface area contributed by atoms with Crippen LogP contribution >= 0.6 is 0 Å². The van der Waals surface area contributed by atoms with Crippen LogP contribution in [-0.2, 0) is 11.8 Å². The number of allylic oxidation sites excluding steroid dienone is 2. The van der Waals surface area contributed by atoms with E-state index in [1.54, 1.807) is 6.92 Å². The number of carbonyl (C=O) groups excluding carboxylic acids is 2. The molecule has 0 aliphatic carbocycles. The maximum Gasteiger partial charge on any atom is 0.166 e. The lowest BCUT2D eigenvalue weighted by Gasteiger charge is -2.28. The van der Waals surface area contributed by atoms with Crippen molar-refractivity contribution in [1.82, 2.24) is 9.47 Å². The molecule has 112 valence electrons. The van der Waals surface area contributed by atoms with Crippen LogP contribution in [0.15, 0.2) is 48.2 Å². The van der Waals surface area contributed by atoms with Crippen molar-refractivity contribution < 1.29 is 9.59 Å². The molecule has 0 bridgehead atoms. The number of ketones is 1. The summed E-state index contributed by atoms with van der Waals surface area (Å²) in [5, 5.41) is 1.06. The normalized spacial score (nSPS) is 17.7. The molecule has 0 N–H and O–H groups in total. The summed E-state index contributed by atoms with van der Waals surface area (Å²) in [5.41, 5.74) is 3.35.